The Morgan fingerprint density at radius 3 is 2.71 bits per heavy atom. The summed E-state index contributed by atoms with van der Waals surface area (Å²) in [6.45, 7) is 6.34. The van der Waals surface area contributed by atoms with E-state index in [1.54, 1.807) is 0 Å². The third-order valence-corrected chi connectivity index (χ3v) is 3.65. The van der Waals surface area contributed by atoms with Gasteiger partial charge in [-0.1, -0.05) is 19.8 Å². The molecule has 2 atom stereocenters. The van der Waals surface area contributed by atoms with E-state index >= 15 is 0 Å². The molecule has 3 heteroatoms. The van der Waals surface area contributed by atoms with Crippen molar-refractivity contribution in [1.82, 2.24) is 5.32 Å². The van der Waals surface area contributed by atoms with E-state index in [2.05, 4.69) is 26.1 Å². The van der Waals surface area contributed by atoms with Crippen LogP contribution >= 0.6 is 0 Å². The fraction of sp³-hybridized carbons (Fsp3) is 0.929. The lowest BCUT2D eigenvalue weighted by atomic mass is 9.84. The number of nitrogens with two attached hydrogens (primary N) is 1. The van der Waals surface area contributed by atoms with Crippen LogP contribution in [0.15, 0.2) is 0 Å². The monoisotopic (exact) mass is 240 g/mol. The van der Waals surface area contributed by atoms with Crippen LogP contribution in [0.5, 0.6) is 0 Å². The quantitative estimate of drug-likeness (QED) is 0.776. The Hall–Kier alpha value is -0.570. The zero-order chi connectivity index (χ0) is 12.9. The predicted octanol–water partition coefficient (Wildman–Crippen LogP) is 2.59. The maximum absolute atomic E-state index is 12.0. The lowest BCUT2D eigenvalue weighted by Gasteiger charge is -2.29. The van der Waals surface area contributed by atoms with Crippen molar-refractivity contribution in [1.29, 1.82) is 0 Å². The van der Waals surface area contributed by atoms with Crippen molar-refractivity contribution in [3.8, 4) is 0 Å². The van der Waals surface area contributed by atoms with Gasteiger partial charge in [0.15, 0.2) is 0 Å². The van der Waals surface area contributed by atoms with E-state index in [4.69, 9.17) is 5.73 Å². The van der Waals surface area contributed by atoms with Crippen molar-refractivity contribution in [3.63, 3.8) is 0 Å². The fourth-order valence-electron chi connectivity index (χ4n) is 2.90. The molecular formula is C14H28N2O. The van der Waals surface area contributed by atoms with Gasteiger partial charge in [-0.2, -0.15) is 0 Å². The summed E-state index contributed by atoms with van der Waals surface area (Å²) in [7, 11) is 0. The standard InChI is InChI=1S/C14H28N2O/c1-4-8-14(2,3)16-13(17)10-11-6-5-7-12(15)9-11/h11-12H,4-10,15H2,1-3H3,(H,16,17). The summed E-state index contributed by atoms with van der Waals surface area (Å²) >= 11 is 0. The lowest BCUT2D eigenvalue weighted by Crippen LogP contribution is -2.44. The van der Waals surface area contributed by atoms with Gasteiger partial charge in [-0.25, -0.2) is 0 Å². The lowest BCUT2D eigenvalue weighted by molar-refractivity contribution is -0.123. The SMILES string of the molecule is CCCC(C)(C)NC(=O)CC1CCCC(N)C1. The Balaban J connectivity index is 2.33. The van der Waals surface area contributed by atoms with E-state index in [1.807, 2.05) is 0 Å². The molecule has 1 aliphatic rings. The predicted molar refractivity (Wildman–Crippen MR) is 71.7 cm³/mol. The van der Waals surface area contributed by atoms with Crippen LogP contribution in [0.1, 0.15) is 65.7 Å². The highest BCUT2D eigenvalue weighted by Crippen LogP contribution is 2.26. The maximum atomic E-state index is 12.0. The van der Waals surface area contributed by atoms with Crippen LogP contribution in [-0.4, -0.2) is 17.5 Å². The average Bonchev–Trinajstić information content (AvgIpc) is 2.15. The first kappa shape index (κ1) is 14.5. The van der Waals surface area contributed by atoms with Crippen LogP contribution in [0.4, 0.5) is 0 Å². The van der Waals surface area contributed by atoms with Crippen molar-refractivity contribution in [3.05, 3.63) is 0 Å². The van der Waals surface area contributed by atoms with Gasteiger partial charge in [0.1, 0.15) is 0 Å². The Bertz CT molecular complexity index is 251. The van der Waals surface area contributed by atoms with Crippen LogP contribution in [-0.2, 0) is 4.79 Å². The largest absolute Gasteiger partial charge is 0.351 e. The minimum absolute atomic E-state index is 0.0668. The van der Waals surface area contributed by atoms with Gasteiger partial charge in [0.25, 0.3) is 0 Å². The first-order valence-electron chi connectivity index (χ1n) is 6.99. The first-order chi connectivity index (χ1) is 7.93. The number of nitrogens with one attached hydrogen (secondary N) is 1. The molecule has 0 heterocycles. The number of carbonyl (C=O) groups is 1. The zero-order valence-corrected chi connectivity index (χ0v) is 11.6. The van der Waals surface area contributed by atoms with Gasteiger partial charge in [0.2, 0.25) is 5.91 Å². The summed E-state index contributed by atoms with van der Waals surface area (Å²) in [6.07, 6.45) is 7.26. The van der Waals surface area contributed by atoms with Gasteiger partial charge in [-0.05, 0) is 45.4 Å². The number of rotatable bonds is 5. The normalized spacial score (nSPS) is 25.6. The van der Waals surface area contributed by atoms with Gasteiger partial charge in [0, 0.05) is 18.0 Å². The van der Waals surface area contributed by atoms with E-state index in [1.165, 1.54) is 6.42 Å². The number of hydrogen-bond acceptors (Lipinski definition) is 2. The molecule has 3 N–H and O–H groups in total. The molecule has 1 aliphatic carbocycles. The summed E-state index contributed by atoms with van der Waals surface area (Å²) in [5.74, 6) is 0.693. The fourth-order valence-corrected chi connectivity index (χ4v) is 2.90. The molecule has 0 aromatic heterocycles. The van der Waals surface area contributed by atoms with E-state index in [-0.39, 0.29) is 11.4 Å². The van der Waals surface area contributed by atoms with Crippen molar-refractivity contribution in [2.45, 2.75) is 77.3 Å². The van der Waals surface area contributed by atoms with Crippen LogP contribution in [0, 0.1) is 5.92 Å². The highest BCUT2D eigenvalue weighted by atomic mass is 16.1. The topological polar surface area (TPSA) is 55.1 Å². The zero-order valence-electron chi connectivity index (χ0n) is 11.6. The van der Waals surface area contributed by atoms with Crippen LogP contribution < -0.4 is 11.1 Å². The number of carbonyl (C=O) groups excluding carboxylic acids is 1. The molecule has 1 amide bonds. The summed E-state index contributed by atoms with van der Waals surface area (Å²) < 4.78 is 0. The van der Waals surface area contributed by atoms with E-state index in [9.17, 15) is 4.79 Å². The molecule has 0 saturated heterocycles. The molecule has 1 rings (SSSR count). The Kier molecular flexibility index (Phi) is 5.44. The summed E-state index contributed by atoms with van der Waals surface area (Å²) in [5, 5.41) is 3.14. The third-order valence-electron chi connectivity index (χ3n) is 3.65. The molecule has 1 saturated carbocycles. The Labute approximate surface area is 106 Å². The van der Waals surface area contributed by atoms with Crippen LogP contribution in [0.3, 0.4) is 0 Å². The second kappa shape index (κ2) is 6.39. The third kappa shape index (κ3) is 5.53. The molecule has 100 valence electrons. The molecule has 0 radical (unpaired) electrons. The smallest absolute Gasteiger partial charge is 0.220 e. The second-order valence-electron chi connectivity index (χ2n) is 6.18. The molecule has 0 aromatic carbocycles. The number of amides is 1. The molecule has 0 aliphatic heterocycles. The minimum Gasteiger partial charge on any atom is -0.351 e. The van der Waals surface area contributed by atoms with Crippen molar-refractivity contribution in [2.24, 2.45) is 11.7 Å². The molecule has 1 fully saturated rings. The average molecular weight is 240 g/mol. The molecule has 17 heavy (non-hydrogen) atoms. The van der Waals surface area contributed by atoms with Crippen LogP contribution in [0.25, 0.3) is 0 Å². The van der Waals surface area contributed by atoms with Crippen molar-refractivity contribution >= 4 is 5.91 Å². The maximum Gasteiger partial charge on any atom is 0.220 e. The van der Waals surface area contributed by atoms with Gasteiger partial charge >= 0.3 is 0 Å². The van der Waals surface area contributed by atoms with Gasteiger partial charge in [-0.15, -0.1) is 0 Å². The molecule has 2 unspecified atom stereocenters. The second-order valence-corrected chi connectivity index (χ2v) is 6.18. The Morgan fingerprint density at radius 2 is 2.12 bits per heavy atom. The van der Waals surface area contributed by atoms with Crippen molar-refractivity contribution in [2.75, 3.05) is 0 Å². The number of hydrogen-bond donors (Lipinski definition) is 2. The molecule has 0 bridgehead atoms. The van der Waals surface area contributed by atoms with Crippen LogP contribution in [0.2, 0.25) is 0 Å². The molecular weight excluding hydrogens is 212 g/mol. The van der Waals surface area contributed by atoms with E-state index < -0.39 is 0 Å². The first-order valence-corrected chi connectivity index (χ1v) is 6.99. The molecule has 0 spiro atoms. The van der Waals surface area contributed by atoms with Gasteiger partial charge in [0.05, 0.1) is 0 Å². The molecule has 3 nitrogen and oxygen atoms in total. The Morgan fingerprint density at radius 1 is 1.41 bits per heavy atom. The highest BCUT2D eigenvalue weighted by molar-refractivity contribution is 5.76. The van der Waals surface area contributed by atoms with E-state index in [0.717, 1.165) is 32.1 Å². The highest BCUT2D eigenvalue weighted by Gasteiger charge is 2.24. The summed E-state index contributed by atoms with van der Waals surface area (Å²) in [6, 6.07) is 0.310. The summed E-state index contributed by atoms with van der Waals surface area (Å²) in [4.78, 5) is 12.0. The van der Waals surface area contributed by atoms with Gasteiger partial charge in [-0.3, -0.25) is 4.79 Å². The van der Waals surface area contributed by atoms with E-state index in [0.29, 0.717) is 18.4 Å². The summed E-state index contributed by atoms with van der Waals surface area (Å²) in [5.41, 5.74) is 5.88. The van der Waals surface area contributed by atoms with Crippen molar-refractivity contribution < 1.29 is 4.79 Å². The minimum atomic E-state index is -0.0668. The van der Waals surface area contributed by atoms with Gasteiger partial charge < -0.3 is 11.1 Å². The molecule has 0 aromatic rings.